The smallest absolute Gasteiger partial charge is 0.241 e. The van der Waals surface area contributed by atoms with Gasteiger partial charge in [0.25, 0.3) is 0 Å². The Kier molecular flexibility index (Phi) is 8.05. The molecule has 31 heavy (non-hydrogen) atoms. The van der Waals surface area contributed by atoms with Crippen LogP contribution in [0, 0.1) is 0 Å². The van der Waals surface area contributed by atoms with Gasteiger partial charge in [0, 0.05) is 8.95 Å². The van der Waals surface area contributed by atoms with Crippen molar-refractivity contribution in [3.05, 3.63) is 98.9 Å². The molecular weight excluding hydrogens is 544 g/mol. The largest absolute Gasteiger partial charge is 0.348 e. The number of hydrogen-bond acceptors (Lipinski definition) is 3. The summed E-state index contributed by atoms with van der Waals surface area (Å²) in [6.45, 7) is 1.86. The van der Waals surface area contributed by atoms with Crippen LogP contribution >= 0.6 is 31.9 Å². The quantitative estimate of drug-likeness (QED) is 0.404. The summed E-state index contributed by atoms with van der Waals surface area (Å²) in [5.41, 5.74) is 1.77. The van der Waals surface area contributed by atoms with Crippen molar-refractivity contribution in [2.24, 2.45) is 0 Å². The Hall–Kier alpha value is -2.00. The number of amides is 1. The normalized spacial score (nSPS) is 13.4. The van der Waals surface area contributed by atoms with E-state index in [-0.39, 0.29) is 17.4 Å². The zero-order chi connectivity index (χ0) is 22.4. The van der Waals surface area contributed by atoms with Gasteiger partial charge in [-0.15, -0.1) is 0 Å². The molecule has 162 valence electrons. The monoisotopic (exact) mass is 564 g/mol. The SMILES string of the molecule is C[C@@H](NC(=O)[C@H](Cc1ccccc1)NS(=O)(=O)c1ccc(Br)cc1)c1cccc(Br)c1. The first-order valence-electron chi connectivity index (χ1n) is 9.62. The predicted octanol–water partition coefficient (Wildman–Crippen LogP) is 4.98. The third kappa shape index (κ3) is 6.74. The Balaban J connectivity index is 1.83. The predicted molar refractivity (Wildman–Crippen MR) is 129 cm³/mol. The summed E-state index contributed by atoms with van der Waals surface area (Å²) >= 11 is 6.73. The lowest BCUT2D eigenvalue weighted by Crippen LogP contribution is -2.48. The Morgan fingerprint density at radius 2 is 1.58 bits per heavy atom. The number of sulfonamides is 1. The third-order valence-corrected chi connectivity index (χ3v) is 7.24. The van der Waals surface area contributed by atoms with Crippen LogP contribution in [0.5, 0.6) is 0 Å². The van der Waals surface area contributed by atoms with Crippen LogP contribution in [-0.2, 0) is 21.2 Å². The van der Waals surface area contributed by atoms with Crippen LogP contribution in [0.25, 0.3) is 0 Å². The fourth-order valence-corrected chi connectivity index (χ4v) is 4.96. The minimum Gasteiger partial charge on any atom is -0.348 e. The van der Waals surface area contributed by atoms with E-state index < -0.39 is 22.0 Å². The van der Waals surface area contributed by atoms with Gasteiger partial charge in [0.1, 0.15) is 6.04 Å². The van der Waals surface area contributed by atoms with Gasteiger partial charge in [0.15, 0.2) is 0 Å². The van der Waals surface area contributed by atoms with Crippen molar-refractivity contribution in [1.82, 2.24) is 10.0 Å². The molecule has 1 amide bonds. The minimum atomic E-state index is -3.89. The highest BCUT2D eigenvalue weighted by atomic mass is 79.9. The zero-order valence-electron chi connectivity index (χ0n) is 16.8. The first kappa shape index (κ1) is 23.7. The second-order valence-electron chi connectivity index (χ2n) is 7.10. The highest BCUT2D eigenvalue weighted by Crippen LogP contribution is 2.19. The van der Waals surface area contributed by atoms with Crippen LogP contribution in [0.2, 0.25) is 0 Å². The molecule has 0 aliphatic carbocycles. The van der Waals surface area contributed by atoms with Crippen LogP contribution in [0.3, 0.4) is 0 Å². The van der Waals surface area contributed by atoms with Crippen LogP contribution in [0.1, 0.15) is 24.1 Å². The summed E-state index contributed by atoms with van der Waals surface area (Å²) in [5.74, 6) is -0.392. The fraction of sp³-hybridized carbons (Fsp3) is 0.174. The molecule has 0 saturated heterocycles. The number of halogens is 2. The van der Waals surface area contributed by atoms with E-state index in [1.807, 2.05) is 61.5 Å². The van der Waals surface area contributed by atoms with E-state index in [9.17, 15) is 13.2 Å². The summed E-state index contributed by atoms with van der Waals surface area (Å²) in [7, 11) is -3.89. The number of nitrogens with one attached hydrogen (secondary N) is 2. The average Bonchev–Trinajstić information content (AvgIpc) is 2.74. The molecule has 0 radical (unpaired) electrons. The van der Waals surface area contributed by atoms with E-state index in [1.165, 1.54) is 12.1 Å². The van der Waals surface area contributed by atoms with Crippen molar-refractivity contribution < 1.29 is 13.2 Å². The van der Waals surface area contributed by atoms with E-state index in [0.717, 1.165) is 20.1 Å². The molecule has 2 atom stereocenters. The van der Waals surface area contributed by atoms with Gasteiger partial charge in [-0.3, -0.25) is 4.79 Å². The van der Waals surface area contributed by atoms with Crippen molar-refractivity contribution in [1.29, 1.82) is 0 Å². The maximum atomic E-state index is 13.1. The molecule has 0 spiro atoms. The Bertz CT molecular complexity index is 1140. The summed E-state index contributed by atoms with van der Waals surface area (Å²) in [5, 5.41) is 2.93. The van der Waals surface area contributed by atoms with E-state index in [1.54, 1.807) is 12.1 Å². The highest BCUT2D eigenvalue weighted by Gasteiger charge is 2.27. The first-order valence-corrected chi connectivity index (χ1v) is 12.7. The Morgan fingerprint density at radius 1 is 0.903 bits per heavy atom. The summed E-state index contributed by atoms with van der Waals surface area (Å²) in [6, 6.07) is 22.0. The molecule has 0 aromatic heterocycles. The minimum absolute atomic E-state index is 0.0987. The Labute approximate surface area is 199 Å². The fourth-order valence-electron chi connectivity index (χ4n) is 3.08. The standard InChI is InChI=1S/C23H22Br2N2O3S/c1-16(18-8-5-9-20(25)15-18)26-23(28)22(14-17-6-3-2-4-7-17)27-31(29,30)21-12-10-19(24)11-13-21/h2-13,15-16,22,27H,14H2,1H3,(H,26,28)/t16-,22+/m1/s1. The van der Waals surface area contributed by atoms with Gasteiger partial charge in [0.05, 0.1) is 10.9 Å². The van der Waals surface area contributed by atoms with Crippen molar-refractivity contribution in [3.8, 4) is 0 Å². The number of rotatable bonds is 8. The summed E-state index contributed by atoms with van der Waals surface area (Å²) in [4.78, 5) is 13.2. The van der Waals surface area contributed by atoms with E-state index in [2.05, 4.69) is 41.9 Å². The van der Waals surface area contributed by atoms with Gasteiger partial charge in [0.2, 0.25) is 15.9 Å². The van der Waals surface area contributed by atoms with Gasteiger partial charge in [-0.2, -0.15) is 4.72 Å². The summed E-state index contributed by atoms with van der Waals surface area (Å²) in [6.07, 6.45) is 0.230. The van der Waals surface area contributed by atoms with E-state index in [4.69, 9.17) is 0 Å². The van der Waals surface area contributed by atoms with Crippen LogP contribution in [-0.4, -0.2) is 20.4 Å². The second kappa shape index (κ2) is 10.5. The van der Waals surface area contributed by atoms with Gasteiger partial charge in [-0.05, 0) is 60.9 Å². The van der Waals surface area contributed by atoms with E-state index >= 15 is 0 Å². The molecule has 0 bridgehead atoms. The van der Waals surface area contributed by atoms with Gasteiger partial charge < -0.3 is 5.32 Å². The molecular formula is C23H22Br2N2O3S. The molecule has 2 N–H and O–H groups in total. The molecule has 0 unspecified atom stereocenters. The molecule has 8 heteroatoms. The molecule has 0 fully saturated rings. The van der Waals surface area contributed by atoms with E-state index in [0.29, 0.717) is 0 Å². The number of carbonyl (C=O) groups is 1. The molecule has 5 nitrogen and oxygen atoms in total. The first-order chi connectivity index (χ1) is 14.7. The molecule has 0 aliphatic heterocycles. The van der Waals surface area contributed by atoms with Crippen molar-refractivity contribution in [2.45, 2.75) is 30.3 Å². The maximum absolute atomic E-state index is 13.1. The maximum Gasteiger partial charge on any atom is 0.241 e. The molecule has 0 saturated carbocycles. The number of benzene rings is 3. The van der Waals surface area contributed by atoms with Crippen LogP contribution in [0.15, 0.2) is 92.7 Å². The molecule has 3 aromatic rings. The third-order valence-electron chi connectivity index (χ3n) is 4.73. The molecule has 0 aliphatic rings. The van der Waals surface area contributed by atoms with Crippen LogP contribution < -0.4 is 10.0 Å². The highest BCUT2D eigenvalue weighted by molar-refractivity contribution is 9.10. The van der Waals surface area contributed by atoms with Crippen molar-refractivity contribution in [3.63, 3.8) is 0 Å². The van der Waals surface area contributed by atoms with Crippen molar-refractivity contribution in [2.75, 3.05) is 0 Å². The molecule has 3 aromatic carbocycles. The lowest BCUT2D eigenvalue weighted by atomic mass is 10.0. The zero-order valence-corrected chi connectivity index (χ0v) is 20.7. The van der Waals surface area contributed by atoms with Gasteiger partial charge >= 0.3 is 0 Å². The Morgan fingerprint density at radius 3 is 2.23 bits per heavy atom. The molecule has 0 heterocycles. The molecule has 3 rings (SSSR count). The number of hydrogen-bond donors (Lipinski definition) is 2. The summed E-state index contributed by atoms with van der Waals surface area (Å²) < 4.78 is 30.1. The number of carbonyl (C=O) groups excluding carboxylic acids is 1. The topological polar surface area (TPSA) is 75.3 Å². The van der Waals surface area contributed by atoms with Crippen LogP contribution in [0.4, 0.5) is 0 Å². The average molecular weight is 566 g/mol. The van der Waals surface area contributed by atoms with Gasteiger partial charge in [-0.1, -0.05) is 74.3 Å². The van der Waals surface area contributed by atoms with Crippen molar-refractivity contribution >= 4 is 47.8 Å². The lowest BCUT2D eigenvalue weighted by molar-refractivity contribution is -0.123. The second-order valence-corrected chi connectivity index (χ2v) is 10.6. The van der Waals surface area contributed by atoms with Gasteiger partial charge in [-0.25, -0.2) is 8.42 Å². The lowest BCUT2D eigenvalue weighted by Gasteiger charge is -2.22.